The normalized spacial score (nSPS) is 14.1. The number of carbonyl (C=O) groups is 1. The number of halogens is 1. The number of hydrogen-bond acceptors (Lipinski definition) is 5. The minimum atomic E-state index is -0.290. The standard InChI is InChI=1S/C28H25FN6O/c1-18-13-24(23-15-22(29)4-5-25(23)32-18)26-17-31-28-14-20(7-8-35(26)28)21-3-6-27(30-16-21)34-11-9-33(10-12-34)19(2)36/h3-8,13-17H,9-12H2,1-2H3. The molecule has 36 heavy (non-hydrogen) atoms. The molecule has 4 aromatic heterocycles. The van der Waals surface area contributed by atoms with Crippen LogP contribution in [0.2, 0.25) is 0 Å². The number of fused-ring (bicyclic) bond motifs is 2. The van der Waals surface area contributed by atoms with E-state index < -0.39 is 0 Å². The molecule has 0 unspecified atom stereocenters. The van der Waals surface area contributed by atoms with Crippen molar-refractivity contribution in [2.75, 3.05) is 31.1 Å². The first-order valence-corrected chi connectivity index (χ1v) is 12.0. The molecule has 5 heterocycles. The molecule has 0 bridgehead atoms. The third-order valence-electron chi connectivity index (χ3n) is 6.82. The van der Waals surface area contributed by atoms with Crippen LogP contribution in [0.15, 0.2) is 67.1 Å². The van der Waals surface area contributed by atoms with Crippen molar-refractivity contribution in [2.24, 2.45) is 0 Å². The maximum atomic E-state index is 14.0. The van der Waals surface area contributed by atoms with Crippen LogP contribution in [-0.2, 0) is 4.79 Å². The van der Waals surface area contributed by atoms with Gasteiger partial charge in [0.1, 0.15) is 17.3 Å². The van der Waals surface area contributed by atoms with E-state index in [0.717, 1.165) is 76.6 Å². The average Bonchev–Trinajstić information content (AvgIpc) is 3.32. The van der Waals surface area contributed by atoms with Gasteiger partial charge in [-0.1, -0.05) is 0 Å². The van der Waals surface area contributed by atoms with Gasteiger partial charge in [0.05, 0.1) is 17.4 Å². The third kappa shape index (κ3) is 3.94. The van der Waals surface area contributed by atoms with E-state index in [2.05, 4.69) is 25.9 Å². The van der Waals surface area contributed by atoms with E-state index in [1.54, 1.807) is 13.0 Å². The van der Waals surface area contributed by atoms with E-state index in [0.29, 0.717) is 0 Å². The molecule has 1 aromatic carbocycles. The van der Waals surface area contributed by atoms with Crippen molar-refractivity contribution >= 4 is 28.3 Å². The average molecular weight is 481 g/mol. The fourth-order valence-corrected chi connectivity index (χ4v) is 4.90. The van der Waals surface area contributed by atoms with Gasteiger partial charge in [-0.05, 0) is 61.0 Å². The molecule has 6 rings (SSSR count). The summed E-state index contributed by atoms with van der Waals surface area (Å²) in [6.45, 7) is 6.55. The van der Waals surface area contributed by atoms with Gasteiger partial charge < -0.3 is 9.80 Å². The van der Waals surface area contributed by atoms with E-state index in [1.165, 1.54) is 12.1 Å². The Balaban J connectivity index is 1.30. The minimum Gasteiger partial charge on any atom is -0.353 e. The van der Waals surface area contributed by atoms with Crippen molar-refractivity contribution in [2.45, 2.75) is 13.8 Å². The molecule has 0 N–H and O–H groups in total. The lowest BCUT2D eigenvalue weighted by Gasteiger charge is -2.34. The second-order valence-electron chi connectivity index (χ2n) is 9.16. The van der Waals surface area contributed by atoms with Crippen molar-refractivity contribution < 1.29 is 9.18 Å². The second-order valence-corrected chi connectivity index (χ2v) is 9.16. The van der Waals surface area contributed by atoms with Gasteiger partial charge in [0.2, 0.25) is 5.91 Å². The second kappa shape index (κ2) is 8.71. The molecule has 0 saturated carbocycles. The van der Waals surface area contributed by atoms with Gasteiger partial charge in [0.15, 0.2) is 0 Å². The van der Waals surface area contributed by atoms with Crippen molar-refractivity contribution in [1.82, 2.24) is 24.3 Å². The van der Waals surface area contributed by atoms with Crippen LogP contribution in [0.5, 0.6) is 0 Å². The number of nitrogens with zero attached hydrogens (tertiary/aromatic N) is 6. The summed E-state index contributed by atoms with van der Waals surface area (Å²) in [6.07, 6.45) is 5.69. The number of hydrogen-bond donors (Lipinski definition) is 0. The van der Waals surface area contributed by atoms with Crippen molar-refractivity contribution in [3.63, 3.8) is 0 Å². The largest absolute Gasteiger partial charge is 0.353 e. The summed E-state index contributed by atoms with van der Waals surface area (Å²) in [7, 11) is 0. The maximum absolute atomic E-state index is 14.0. The molecule has 0 spiro atoms. The number of pyridine rings is 3. The zero-order chi connectivity index (χ0) is 24.8. The Bertz CT molecular complexity index is 1600. The number of anilines is 1. The highest BCUT2D eigenvalue weighted by molar-refractivity contribution is 5.94. The smallest absolute Gasteiger partial charge is 0.219 e. The highest BCUT2D eigenvalue weighted by Gasteiger charge is 2.19. The van der Waals surface area contributed by atoms with E-state index in [4.69, 9.17) is 0 Å². The first kappa shape index (κ1) is 22.2. The number of piperazine rings is 1. The minimum absolute atomic E-state index is 0.120. The summed E-state index contributed by atoms with van der Waals surface area (Å²) in [4.78, 5) is 29.5. The molecule has 1 saturated heterocycles. The summed E-state index contributed by atoms with van der Waals surface area (Å²) in [5, 5.41) is 0.760. The van der Waals surface area contributed by atoms with Crippen LogP contribution in [0.1, 0.15) is 12.6 Å². The first-order chi connectivity index (χ1) is 17.5. The van der Waals surface area contributed by atoms with Crippen LogP contribution in [0.3, 0.4) is 0 Å². The molecule has 1 aliphatic rings. The summed E-state index contributed by atoms with van der Waals surface area (Å²) in [5.74, 6) is 0.746. The number of benzene rings is 1. The van der Waals surface area contributed by atoms with Crippen molar-refractivity contribution in [1.29, 1.82) is 0 Å². The molecule has 180 valence electrons. The fraction of sp³-hybridized carbons (Fsp3) is 0.214. The zero-order valence-electron chi connectivity index (χ0n) is 20.1. The lowest BCUT2D eigenvalue weighted by Crippen LogP contribution is -2.48. The topological polar surface area (TPSA) is 66.6 Å². The van der Waals surface area contributed by atoms with E-state index >= 15 is 0 Å². The summed E-state index contributed by atoms with van der Waals surface area (Å²) in [5.41, 5.74) is 6.22. The molecule has 0 radical (unpaired) electrons. The van der Waals surface area contributed by atoms with Crippen LogP contribution < -0.4 is 4.90 Å². The molecule has 1 amide bonds. The molecule has 1 aliphatic heterocycles. The van der Waals surface area contributed by atoms with E-state index in [1.807, 2.05) is 59.1 Å². The van der Waals surface area contributed by atoms with Crippen LogP contribution in [0.4, 0.5) is 10.2 Å². The Labute approximate surface area is 207 Å². The van der Waals surface area contributed by atoms with Crippen LogP contribution >= 0.6 is 0 Å². The number of imidazole rings is 1. The Hall–Kier alpha value is -4.33. The molecule has 0 aliphatic carbocycles. The number of carbonyl (C=O) groups excluding carboxylic acids is 1. The van der Waals surface area contributed by atoms with Gasteiger partial charge in [-0.2, -0.15) is 0 Å². The number of rotatable bonds is 3. The Morgan fingerprint density at radius 1 is 0.917 bits per heavy atom. The van der Waals surface area contributed by atoms with Gasteiger partial charge in [-0.3, -0.25) is 14.2 Å². The molecule has 7 nitrogen and oxygen atoms in total. The van der Waals surface area contributed by atoms with Gasteiger partial charge in [-0.25, -0.2) is 14.4 Å². The van der Waals surface area contributed by atoms with Crippen LogP contribution in [0, 0.1) is 12.7 Å². The third-order valence-corrected chi connectivity index (χ3v) is 6.82. The lowest BCUT2D eigenvalue weighted by atomic mass is 10.0. The molecular formula is C28H25FN6O. The monoisotopic (exact) mass is 480 g/mol. The molecule has 5 aromatic rings. The summed E-state index contributed by atoms with van der Waals surface area (Å²) >= 11 is 0. The van der Waals surface area contributed by atoms with Crippen molar-refractivity contribution in [3.8, 4) is 22.4 Å². The van der Waals surface area contributed by atoms with Gasteiger partial charge in [-0.15, -0.1) is 0 Å². The number of aromatic nitrogens is 4. The number of aryl methyl sites for hydroxylation is 1. The van der Waals surface area contributed by atoms with E-state index in [-0.39, 0.29) is 11.7 Å². The fourth-order valence-electron chi connectivity index (χ4n) is 4.90. The zero-order valence-corrected chi connectivity index (χ0v) is 20.1. The predicted octanol–water partition coefficient (Wildman–Crippen LogP) is 4.73. The first-order valence-electron chi connectivity index (χ1n) is 12.0. The summed E-state index contributed by atoms with van der Waals surface area (Å²) < 4.78 is 16.0. The summed E-state index contributed by atoms with van der Waals surface area (Å²) in [6, 6.07) is 14.8. The van der Waals surface area contributed by atoms with E-state index in [9.17, 15) is 9.18 Å². The van der Waals surface area contributed by atoms with Gasteiger partial charge in [0, 0.05) is 67.7 Å². The highest BCUT2D eigenvalue weighted by Crippen LogP contribution is 2.31. The Morgan fingerprint density at radius 2 is 1.75 bits per heavy atom. The van der Waals surface area contributed by atoms with Gasteiger partial charge >= 0.3 is 0 Å². The molecule has 8 heteroatoms. The Morgan fingerprint density at radius 3 is 2.50 bits per heavy atom. The molecule has 0 atom stereocenters. The number of amides is 1. The van der Waals surface area contributed by atoms with Crippen LogP contribution in [0.25, 0.3) is 38.9 Å². The van der Waals surface area contributed by atoms with Gasteiger partial charge in [0.25, 0.3) is 0 Å². The molecule has 1 fully saturated rings. The Kier molecular flexibility index (Phi) is 5.36. The van der Waals surface area contributed by atoms with Crippen molar-refractivity contribution in [3.05, 3.63) is 78.6 Å². The quantitative estimate of drug-likeness (QED) is 0.374. The maximum Gasteiger partial charge on any atom is 0.219 e. The highest BCUT2D eigenvalue weighted by atomic mass is 19.1. The lowest BCUT2D eigenvalue weighted by molar-refractivity contribution is -0.129. The predicted molar refractivity (Wildman–Crippen MR) is 138 cm³/mol. The SMILES string of the molecule is CC(=O)N1CCN(c2ccc(-c3ccn4c(-c5cc(C)nc6ccc(F)cc56)cnc4c3)cn2)CC1. The van der Waals surface area contributed by atoms with Crippen LogP contribution in [-0.4, -0.2) is 56.3 Å². The molecular weight excluding hydrogens is 455 g/mol.